The lowest BCUT2D eigenvalue weighted by molar-refractivity contribution is 0.259. The Bertz CT molecular complexity index is 185. The first-order chi connectivity index (χ1) is 6.27. The van der Waals surface area contributed by atoms with Crippen molar-refractivity contribution in [2.75, 3.05) is 20.1 Å². The van der Waals surface area contributed by atoms with Gasteiger partial charge in [-0.2, -0.15) is 5.26 Å². The molecule has 0 bridgehead atoms. The molecule has 2 atom stereocenters. The second kappa shape index (κ2) is 5.21. The molecule has 3 nitrogen and oxygen atoms in total. The van der Waals surface area contributed by atoms with Gasteiger partial charge in [0, 0.05) is 12.6 Å². The zero-order valence-corrected chi connectivity index (χ0v) is 8.58. The molecule has 2 unspecified atom stereocenters. The summed E-state index contributed by atoms with van der Waals surface area (Å²) in [5.41, 5.74) is 0. The first-order valence-electron chi connectivity index (χ1n) is 5.09. The molecule has 1 rings (SSSR count). The third kappa shape index (κ3) is 2.98. The quantitative estimate of drug-likeness (QED) is 0.702. The van der Waals surface area contributed by atoms with Crippen molar-refractivity contribution in [3.63, 3.8) is 0 Å². The summed E-state index contributed by atoms with van der Waals surface area (Å²) in [5, 5.41) is 11.7. The van der Waals surface area contributed by atoms with Crippen LogP contribution in [0, 0.1) is 11.3 Å². The van der Waals surface area contributed by atoms with Gasteiger partial charge < -0.3 is 10.2 Å². The summed E-state index contributed by atoms with van der Waals surface area (Å²) >= 11 is 0. The van der Waals surface area contributed by atoms with Crippen molar-refractivity contribution in [2.24, 2.45) is 0 Å². The summed E-state index contributed by atoms with van der Waals surface area (Å²) in [7, 11) is 1.85. The number of nitriles is 1. The highest BCUT2D eigenvalue weighted by Crippen LogP contribution is 2.16. The number of hydrogen-bond acceptors (Lipinski definition) is 3. The Morgan fingerprint density at radius 3 is 2.92 bits per heavy atom. The van der Waals surface area contributed by atoms with Crippen LogP contribution in [0.2, 0.25) is 0 Å². The first-order valence-corrected chi connectivity index (χ1v) is 5.09. The summed E-state index contributed by atoms with van der Waals surface area (Å²) in [6.45, 7) is 4.54. The SMILES string of the molecule is CNC(C#N)CCN1CCCC1C. The van der Waals surface area contributed by atoms with Crippen molar-refractivity contribution < 1.29 is 0 Å². The van der Waals surface area contributed by atoms with Crippen LogP contribution in [0.25, 0.3) is 0 Å². The Morgan fingerprint density at radius 2 is 2.46 bits per heavy atom. The van der Waals surface area contributed by atoms with Crippen molar-refractivity contribution in [3.05, 3.63) is 0 Å². The molecule has 0 aromatic rings. The van der Waals surface area contributed by atoms with Crippen LogP contribution in [-0.2, 0) is 0 Å². The van der Waals surface area contributed by atoms with E-state index in [1.807, 2.05) is 7.05 Å². The monoisotopic (exact) mass is 181 g/mol. The molecule has 0 spiro atoms. The fourth-order valence-corrected chi connectivity index (χ4v) is 1.89. The summed E-state index contributed by atoms with van der Waals surface area (Å²) in [6.07, 6.45) is 3.58. The molecule has 0 radical (unpaired) electrons. The zero-order valence-electron chi connectivity index (χ0n) is 8.58. The van der Waals surface area contributed by atoms with Gasteiger partial charge in [-0.25, -0.2) is 0 Å². The molecule has 0 aliphatic carbocycles. The van der Waals surface area contributed by atoms with E-state index in [-0.39, 0.29) is 6.04 Å². The number of likely N-dealkylation sites (tertiary alicyclic amines) is 1. The van der Waals surface area contributed by atoms with E-state index in [1.54, 1.807) is 0 Å². The molecular formula is C10H19N3. The highest BCUT2D eigenvalue weighted by Gasteiger charge is 2.20. The zero-order chi connectivity index (χ0) is 9.68. The summed E-state index contributed by atoms with van der Waals surface area (Å²) in [4.78, 5) is 2.47. The minimum atomic E-state index is 0.0211. The second-order valence-electron chi connectivity index (χ2n) is 3.79. The van der Waals surface area contributed by atoms with Crippen LogP contribution >= 0.6 is 0 Å². The van der Waals surface area contributed by atoms with E-state index in [2.05, 4.69) is 23.2 Å². The van der Waals surface area contributed by atoms with Crippen LogP contribution in [0.4, 0.5) is 0 Å². The fourth-order valence-electron chi connectivity index (χ4n) is 1.89. The third-order valence-corrected chi connectivity index (χ3v) is 2.90. The normalized spacial score (nSPS) is 25.8. The molecule has 0 saturated carbocycles. The maximum absolute atomic E-state index is 8.73. The van der Waals surface area contributed by atoms with E-state index in [9.17, 15) is 0 Å². The molecular weight excluding hydrogens is 162 g/mol. The van der Waals surface area contributed by atoms with Gasteiger partial charge in [0.25, 0.3) is 0 Å². The molecule has 1 N–H and O–H groups in total. The Morgan fingerprint density at radius 1 is 1.69 bits per heavy atom. The predicted molar refractivity (Wildman–Crippen MR) is 53.3 cm³/mol. The van der Waals surface area contributed by atoms with Gasteiger partial charge in [-0.15, -0.1) is 0 Å². The highest BCUT2D eigenvalue weighted by atomic mass is 15.2. The van der Waals surface area contributed by atoms with Crippen LogP contribution in [0.3, 0.4) is 0 Å². The predicted octanol–water partition coefficient (Wildman–Crippen LogP) is 0.972. The van der Waals surface area contributed by atoms with E-state index in [0.717, 1.165) is 19.0 Å². The van der Waals surface area contributed by atoms with Gasteiger partial charge in [-0.05, 0) is 39.8 Å². The standard InChI is InChI=1S/C10H19N3/c1-9-4-3-6-13(9)7-5-10(8-11)12-2/h9-10,12H,3-7H2,1-2H3. The molecule has 1 saturated heterocycles. The maximum Gasteiger partial charge on any atom is 0.0962 e. The number of hydrogen-bond donors (Lipinski definition) is 1. The van der Waals surface area contributed by atoms with Gasteiger partial charge >= 0.3 is 0 Å². The van der Waals surface area contributed by atoms with Gasteiger partial charge in [-0.3, -0.25) is 0 Å². The lowest BCUT2D eigenvalue weighted by Gasteiger charge is -2.21. The largest absolute Gasteiger partial charge is 0.305 e. The van der Waals surface area contributed by atoms with Crippen molar-refractivity contribution in [1.82, 2.24) is 10.2 Å². The molecule has 1 aliphatic rings. The molecule has 0 aromatic carbocycles. The van der Waals surface area contributed by atoms with Crippen LogP contribution < -0.4 is 5.32 Å². The minimum Gasteiger partial charge on any atom is -0.305 e. The van der Waals surface area contributed by atoms with E-state index in [4.69, 9.17) is 5.26 Å². The summed E-state index contributed by atoms with van der Waals surface area (Å²) in [5.74, 6) is 0. The van der Waals surface area contributed by atoms with Gasteiger partial charge in [0.1, 0.15) is 0 Å². The Kier molecular flexibility index (Phi) is 4.20. The van der Waals surface area contributed by atoms with Gasteiger partial charge in [0.05, 0.1) is 12.1 Å². The third-order valence-electron chi connectivity index (χ3n) is 2.90. The van der Waals surface area contributed by atoms with Gasteiger partial charge in [0.2, 0.25) is 0 Å². The Hall–Kier alpha value is -0.590. The van der Waals surface area contributed by atoms with Crippen LogP contribution in [0.1, 0.15) is 26.2 Å². The molecule has 1 heterocycles. The lowest BCUT2D eigenvalue weighted by Crippen LogP contribution is -2.33. The van der Waals surface area contributed by atoms with Crippen molar-refractivity contribution in [2.45, 2.75) is 38.3 Å². The Labute approximate surface area is 80.7 Å². The van der Waals surface area contributed by atoms with Crippen molar-refractivity contribution in [1.29, 1.82) is 5.26 Å². The topological polar surface area (TPSA) is 39.1 Å². The second-order valence-corrected chi connectivity index (χ2v) is 3.79. The van der Waals surface area contributed by atoms with E-state index in [0.29, 0.717) is 0 Å². The van der Waals surface area contributed by atoms with Crippen molar-refractivity contribution >= 4 is 0 Å². The molecule has 0 amide bonds. The molecule has 13 heavy (non-hydrogen) atoms. The van der Waals surface area contributed by atoms with E-state index in [1.165, 1.54) is 19.4 Å². The lowest BCUT2D eigenvalue weighted by atomic mass is 10.2. The number of nitrogens with zero attached hydrogens (tertiary/aromatic N) is 2. The summed E-state index contributed by atoms with van der Waals surface area (Å²) < 4.78 is 0. The Balaban J connectivity index is 2.22. The minimum absolute atomic E-state index is 0.0211. The smallest absolute Gasteiger partial charge is 0.0962 e. The number of nitrogens with one attached hydrogen (secondary N) is 1. The molecule has 74 valence electrons. The van der Waals surface area contributed by atoms with Crippen LogP contribution in [0.15, 0.2) is 0 Å². The van der Waals surface area contributed by atoms with Gasteiger partial charge in [-0.1, -0.05) is 0 Å². The fraction of sp³-hybridized carbons (Fsp3) is 0.900. The molecule has 0 aromatic heterocycles. The van der Waals surface area contributed by atoms with Crippen molar-refractivity contribution in [3.8, 4) is 6.07 Å². The molecule has 1 fully saturated rings. The van der Waals surface area contributed by atoms with E-state index >= 15 is 0 Å². The molecule has 3 heteroatoms. The summed E-state index contributed by atoms with van der Waals surface area (Å²) in [6, 6.07) is 2.99. The highest BCUT2D eigenvalue weighted by molar-refractivity contribution is 4.89. The van der Waals surface area contributed by atoms with Crippen LogP contribution in [0.5, 0.6) is 0 Å². The average molecular weight is 181 g/mol. The number of rotatable bonds is 4. The first kappa shape index (κ1) is 10.5. The molecule has 1 aliphatic heterocycles. The maximum atomic E-state index is 8.73. The van der Waals surface area contributed by atoms with Crippen LogP contribution in [-0.4, -0.2) is 37.1 Å². The van der Waals surface area contributed by atoms with Gasteiger partial charge in [0.15, 0.2) is 0 Å². The van der Waals surface area contributed by atoms with E-state index < -0.39 is 0 Å². The average Bonchev–Trinajstić information content (AvgIpc) is 2.54.